The zero-order valence-corrected chi connectivity index (χ0v) is 12.1. The normalized spacial score (nSPS) is 10.8. The summed E-state index contributed by atoms with van der Waals surface area (Å²) < 4.78 is 49.8. The van der Waals surface area contributed by atoms with Gasteiger partial charge in [0.2, 0.25) is 0 Å². The Hall–Kier alpha value is -3.08. The van der Waals surface area contributed by atoms with E-state index in [-0.39, 0.29) is 17.8 Å². The predicted octanol–water partition coefficient (Wildman–Crippen LogP) is 3.81. The van der Waals surface area contributed by atoms with E-state index in [9.17, 15) is 22.4 Å². The molecule has 0 fully saturated rings. The van der Waals surface area contributed by atoms with E-state index in [1.54, 1.807) is 11.4 Å². The average molecular weight is 337 g/mol. The van der Waals surface area contributed by atoms with Gasteiger partial charge in [0, 0.05) is 12.2 Å². The van der Waals surface area contributed by atoms with Gasteiger partial charge in [-0.2, -0.15) is 18.4 Å². The molecule has 0 unspecified atom stereocenters. The summed E-state index contributed by atoms with van der Waals surface area (Å²) in [7, 11) is 0. The molecule has 0 bridgehead atoms. The Balaban J connectivity index is 2.08. The third-order valence-electron chi connectivity index (χ3n) is 3.03. The Labute approximate surface area is 134 Å². The van der Waals surface area contributed by atoms with Gasteiger partial charge in [-0.1, -0.05) is 12.1 Å². The first-order valence-electron chi connectivity index (χ1n) is 6.70. The molecule has 2 N–H and O–H groups in total. The van der Waals surface area contributed by atoms with Crippen molar-refractivity contribution in [3.05, 3.63) is 59.4 Å². The van der Waals surface area contributed by atoms with Crippen LogP contribution in [0.4, 0.5) is 28.9 Å². The quantitative estimate of drug-likeness (QED) is 0.834. The molecule has 124 valence electrons. The van der Waals surface area contributed by atoms with Crippen molar-refractivity contribution in [1.82, 2.24) is 0 Å². The number of nitriles is 1. The van der Waals surface area contributed by atoms with Crippen molar-refractivity contribution >= 4 is 17.3 Å². The molecule has 0 saturated carbocycles. The van der Waals surface area contributed by atoms with E-state index < -0.39 is 17.9 Å². The zero-order valence-electron chi connectivity index (χ0n) is 12.1. The summed E-state index contributed by atoms with van der Waals surface area (Å²) in [5.74, 6) is -2.60. The number of hydrogen-bond acceptors (Lipinski definition) is 3. The molecule has 0 aliphatic heterocycles. The van der Waals surface area contributed by atoms with Crippen molar-refractivity contribution in [2.45, 2.75) is 12.7 Å². The van der Waals surface area contributed by atoms with Gasteiger partial charge >= 0.3 is 12.1 Å². The summed E-state index contributed by atoms with van der Waals surface area (Å²) in [5.41, 5.74) is 1.07. The van der Waals surface area contributed by atoms with Crippen LogP contribution >= 0.6 is 0 Å². The molecule has 1 amide bonds. The number of alkyl halides is 3. The van der Waals surface area contributed by atoms with Crippen LogP contribution in [0.2, 0.25) is 0 Å². The van der Waals surface area contributed by atoms with Crippen molar-refractivity contribution in [2.75, 3.05) is 10.6 Å². The van der Waals surface area contributed by atoms with Gasteiger partial charge in [-0.05, 0) is 35.9 Å². The van der Waals surface area contributed by atoms with Crippen LogP contribution in [0.25, 0.3) is 0 Å². The third kappa shape index (κ3) is 4.46. The molecule has 0 aliphatic rings. The Morgan fingerprint density at radius 3 is 2.58 bits per heavy atom. The lowest BCUT2D eigenvalue weighted by atomic mass is 10.1. The summed E-state index contributed by atoms with van der Waals surface area (Å²) in [6.45, 7) is 0.177. The SMILES string of the molecule is N#Cc1cc(F)ccc1NCc1cccc(NC(=O)C(F)(F)F)c1. The smallest absolute Gasteiger partial charge is 0.380 e. The maximum Gasteiger partial charge on any atom is 0.471 e. The number of carbonyl (C=O) groups excluding carboxylic acids is 1. The summed E-state index contributed by atoms with van der Waals surface area (Å²) in [6, 6.07) is 11.3. The largest absolute Gasteiger partial charge is 0.471 e. The van der Waals surface area contributed by atoms with Crippen molar-refractivity contribution in [2.24, 2.45) is 0 Å². The molecule has 0 spiro atoms. The van der Waals surface area contributed by atoms with Gasteiger partial charge in [0.15, 0.2) is 0 Å². The highest BCUT2D eigenvalue weighted by Crippen LogP contribution is 2.20. The topological polar surface area (TPSA) is 64.9 Å². The van der Waals surface area contributed by atoms with Gasteiger partial charge in [-0.15, -0.1) is 0 Å². The fourth-order valence-electron chi connectivity index (χ4n) is 1.92. The van der Waals surface area contributed by atoms with E-state index in [0.29, 0.717) is 11.3 Å². The van der Waals surface area contributed by atoms with E-state index >= 15 is 0 Å². The molecule has 0 saturated heterocycles. The van der Waals surface area contributed by atoms with Crippen LogP contribution in [0.3, 0.4) is 0 Å². The molecule has 0 aliphatic carbocycles. The number of amides is 1. The molecule has 24 heavy (non-hydrogen) atoms. The maximum atomic E-state index is 13.1. The monoisotopic (exact) mass is 337 g/mol. The fraction of sp³-hybridized carbons (Fsp3) is 0.125. The van der Waals surface area contributed by atoms with Gasteiger partial charge < -0.3 is 10.6 Å². The lowest BCUT2D eigenvalue weighted by Gasteiger charge is -2.11. The lowest BCUT2D eigenvalue weighted by molar-refractivity contribution is -0.167. The van der Waals surface area contributed by atoms with E-state index in [1.807, 2.05) is 6.07 Å². The van der Waals surface area contributed by atoms with Crippen LogP contribution in [0.15, 0.2) is 42.5 Å². The van der Waals surface area contributed by atoms with Crippen molar-refractivity contribution in [3.8, 4) is 6.07 Å². The molecule has 4 nitrogen and oxygen atoms in total. The van der Waals surface area contributed by atoms with Gasteiger partial charge in [-0.25, -0.2) is 4.39 Å². The van der Waals surface area contributed by atoms with Gasteiger partial charge in [0.05, 0.1) is 11.3 Å². The van der Waals surface area contributed by atoms with Gasteiger partial charge in [0.1, 0.15) is 11.9 Å². The Bertz CT molecular complexity index is 797. The lowest BCUT2D eigenvalue weighted by Crippen LogP contribution is -2.29. The second kappa shape index (κ2) is 7.00. The number of halogens is 4. The van der Waals surface area contributed by atoms with E-state index in [2.05, 4.69) is 5.32 Å². The predicted molar refractivity (Wildman–Crippen MR) is 79.6 cm³/mol. The number of benzene rings is 2. The van der Waals surface area contributed by atoms with Gasteiger partial charge in [0.25, 0.3) is 0 Å². The molecular weight excluding hydrogens is 326 g/mol. The first-order chi connectivity index (χ1) is 11.3. The number of rotatable bonds is 4. The van der Waals surface area contributed by atoms with Crippen LogP contribution in [-0.4, -0.2) is 12.1 Å². The highest BCUT2D eigenvalue weighted by Gasteiger charge is 2.38. The van der Waals surface area contributed by atoms with E-state index in [1.165, 1.54) is 30.3 Å². The minimum atomic E-state index is -4.97. The van der Waals surface area contributed by atoms with Gasteiger partial charge in [-0.3, -0.25) is 4.79 Å². The minimum Gasteiger partial charge on any atom is -0.380 e. The summed E-state index contributed by atoms with van der Waals surface area (Å²) >= 11 is 0. The summed E-state index contributed by atoms with van der Waals surface area (Å²) in [4.78, 5) is 10.9. The zero-order chi connectivity index (χ0) is 17.7. The van der Waals surface area contributed by atoms with Crippen LogP contribution in [0.1, 0.15) is 11.1 Å². The number of anilines is 2. The average Bonchev–Trinajstić information content (AvgIpc) is 2.53. The third-order valence-corrected chi connectivity index (χ3v) is 3.03. The standard InChI is InChI=1S/C16H11F4N3O/c17-12-4-5-14(11(7-12)8-21)22-9-10-2-1-3-13(6-10)23-15(24)16(18,19)20/h1-7,22H,9H2,(H,23,24). The number of nitrogens with one attached hydrogen (secondary N) is 2. The first kappa shape index (κ1) is 17.3. The van der Waals surface area contributed by atoms with Crippen LogP contribution < -0.4 is 10.6 Å². The molecule has 8 heteroatoms. The van der Waals surface area contributed by atoms with Crippen molar-refractivity contribution in [1.29, 1.82) is 5.26 Å². The summed E-state index contributed by atoms with van der Waals surface area (Å²) in [6.07, 6.45) is -4.97. The van der Waals surface area contributed by atoms with Crippen LogP contribution in [0, 0.1) is 17.1 Å². The van der Waals surface area contributed by atoms with Crippen molar-refractivity contribution in [3.63, 3.8) is 0 Å². The molecule has 0 aromatic heterocycles. The molecule has 0 radical (unpaired) electrons. The number of carbonyl (C=O) groups is 1. The molecule has 0 heterocycles. The fourth-order valence-corrected chi connectivity index (χ4v) is 1.92. The second-order valence-electron chi connectivity index (χ2n) is 4.81. The molecule has 2 rings (SSSR count). The number of hydrogen-bond donors (Lipinski definition) is 2. The number of nitrogens with zero attached hydrogens (tertiary/aromatic N) is 1. The molecular formula is C16H11F4N3O. The maximum absolute atomic E-state index is 13.1. The van der Waals surface area contributed by atoms with E-state index in [4.69, 9.17) is 5.26 Å². The highest BCUT2D eigenvalue weighted by atomic mass is 19.4. The van der Waals surface area contributed by atoms with E-state index in [0.717, 1.165) is 6.07 Å². The molecule has 2 aromatic carbocycles. The highest BCUT2D eigenvalue weighted by molar-refractivity contribution is 5.94. The molecule has 0 atom stereocenters. The van der Waals surface area contributed by atoms with Crippen LogP contribution in [-0.2, 0) is 11.3 Å². The van der Waals surface area contributed by atoms with Crippen molar-refractivity contribution < 1.29 is 22.4 Å². The Morgan fingerprint density at radius 1 is 1.17 bits per heavy atom. The van der Waals surface area contributed by atoms with Crippen LogP contribution in [0.5, 0.6) is 0 Å². The minimum absolute atomic E-state index is 0.00348. The Kier molecular flexibility index (Phi) is 5.04. The first-order valence-corrected chi connectivity index (χ1v) is 6.70. The molecule has 2 aromatic rings. The Morgan fingerprint density at radius 2 is 1.92 bits per heavy atom. The summed E-state index contributed by atoms with van der Waals surface area (Å²) in [5, 5.41) is 13.6. The second-order valence-corrected chi connectivity index (χ2v) is 4.81.